The number of hydrogen-bond donors (Lipinski definition) is 2. The van der Waals surface area contributed by atoms with Crippen molar-refractivity contribution in [3.8, 4) is 0 Å². The van der Waals surface area contributed by atoms with Gasteiger partial charge in [-0.25, -0.2) is 0 Å². The zero-order valence-electron chi connectivity index (χ0n) is 8.85. The summed E-state index contributed by atoms with van der Waals surface area (Å²) in [6, 6.07) is 0. The SMILES string of the molecule is O=C(O)CC1(S)C2CC3CC(C2)CC1C3. The molecule has 0 atom stereocenters. The van der Waals surface area contributed by atoms with Crippen LogP contribution in [0.4, 0.5) is 0 Å². The van der Waals surface area contributed by atoms with Gasteiger partial charge in [0.05, 0.1) is 6.42 Å². The van der Waals surface area contributed by atoms with Crippen molar-refractivity contribution >= 4 is 18.6 Å². The Labute approximate surface area is 95.8 Å². The summed E-state index contributed by atoms with van der Waals surface area (Å²) in [5.74, 6) is 2.27. The highest BCUT2D eigenvalue weighted by molar-refractivity contribution is 7.81. The van der Waals surface area contributed by atoms with E-state index in [-0.39, 0.29) is 11.2 Å². The maximum atomic E-state index is 10.9. The Kier molecular flexibility index (Phi) is 2.11. The molecule has 0 aromatic rings. The fourth-order valence-electron chi connectivity index (χ4n) is 4.53. The van der Waals surface area contributed by atoms with Gasteiger partial charge in [-0.1, -0.05) is 0 Å². The molecular weight excluding hydrogens is 208 g/mol. The molecule has 0 unspecified atom stereocenters. The predicted molar refractivity (Wildman–Crippen MR) is 61.0 cm³/mol. The lowest BCUT2D eigenvalue weighted by Gasteiger charge is -2.59. The highest BCUT2D eigenvalue weighted by Gasteiger charge is 2.56. The summed E-state index contributed by atoms with van der Waals surface area (Å²) in [5.41, 5.74) is 0. The third-order valence-corrected chi connectivity index (χ3v) is 5.87. The van der Waals surface area contributed by atoms with E-state index in [2.05, 4.69) is 0 Å². The van der Waals surface area contributed by atoms with Gasteiger partial charge >= 0.3 is 5.97 Å². The van der Waals surface area contributed by atoms with Crippen molar-refractivity contribution in [1.82, 2.24) is 0 Å². The first-order chi connectivity index (χ1) is 7.08. The highest BCUT2D eigenvalue weighted by Crippen LogP contribution is 2.61. The molecule has 4 aliphatic rings. The van der Waals surface area contributed by atoms with Gasteiger partial charge in [-0.15, -0.1) is 0 Å². The van der Waals surface area contributed by atoms with Gasteiger partial charge < -0.3 is 5.11 Å². The van der Waals surface area contributed by atoms with Gasteiger partial charge in [-0.05, 0) is 55.8 Å². The Morgan fingerprint density at radius 3 is 2.00 bits per heavy atom. The zero-order chi connectivity index (χ0) is 10.6. The Morgan fingerprint density at radius 2 is 1.60 bits per heavy atom. The van der Waals surface area contributed by atoms with Gasteiger partial charge in [0.2, 0.25) is 0 Å². The number of hydrogen-bond acceptors (Lipinski definition) is 2. The lowest BCUT2D eigenvalue weighted by Crippen LogP contribution is -2.55. The standard InChI is InChI=1S/C12H18O2S/c13-11(14)6-12(15)9-2-7-1-8(4-9)5-10(12)3-7/h7-10,15H,1-6H2,(H,13,14). The summed E-state index contributed by atoms with van der Waals surface area (Å²) in [4.78, 5) is 10.9. The zero-order valence-corrected chi connectivity index (χ0v) is 9.75. The van der Waals surface area contributed by atoms with Gasteiger partial charge in [0.1, 0.15) is 0 Å². The minimum absolute atomic E-state index is 0.181. The molecule has 15 heavy (non-hydrogen) atoms. The Bertz CT molecular complexity index is 272. The van der Waals surface area contributed by atoms with E-state index >= 15 is 0 Å². The molecule has 0 saturated heterocycles. The monoisotopic (exact) mass is 226 g/mol. The molecule has 4 aliphatic carbocycles. The van der Waals surface area contributed by atoms with E-state index in [1.165, 1.54) is 32.1 Å². The van der Waals surface area contributed by atoms with Gasteiger partial charge in [0.25, 0.3) is 0 Å². The maximum absolute atomic E-state index is 10.9. The molecule has 4 fully saturated rings. The van der Waals surface area contributed by atoms with Crippen LogP contribution in [0.25, 0.3) is 0 Å². The first kappa shape index (κ1) is 10.0. The van der Waals surface area contributed by atoms with Crippen LogP contribution in [0, 0.1) is 23.7 Å². The molecule has 0 heterocycles. The summed E-state index contributed by atoms with van der Waals surface area (Å²) in [7, 11) is 0. The molecule has 0 amide bonds. The van der Waals surface area contributed by atoms with Crippen molar-refractivity contribution in [2.45, 2.75) is 43.3 Å². The second kappa shape index (κ2) is 3.16. The summed E-state index contributed by atoms with van der Waals surface area (Å²) < 4.78 is -0.181. The van der Waals surface area contributed by atoms with Crippen LogP contribution in [-0.2, 0) is 4.79 Å². The molecule has 84 valence electrons. The fraction of sp³-hybridized carbons (Fsp3) is 0.917. The average Bonchev–Trinajstić information content (AvgIpc) is 2.12. The quantitative estimate of drug-likeness (QED) is 0.710. The van der Waals surface area contributed by atoms with Gasteiger partial charge in [-0.3, -0.25) is 4.79 Å². The van der Waals surface area contributed by atoms with Gasteiger partial charge in [0.15, 0.2) is 0 Å². The molecule has 2 nitrogen and oxygen atoms in total. The number of thiol groups is 1. The van der Waals surface area contributed by atoms with Crippen LogP contribution >= 0.6 is 12.6 Å². The molecule has 1 N–H and O–H groups in total. The van der Waals surface area contributed by atoms with E-state index in [1.54, 1.807) is 0 Å². The highest BCUT2D eigenvalue weighted by atomic mass is 32.1. The summed E-state index contributed by atoms with van der Waals surface area (Å²) >= 11 is 4.79. The van der Waals surface area contributed by atoms with Gasteiger partial charge in [0, 0.05) is 4.75 Å². The first-order valence-electron chi connectivity index (χ1n) is 6.02. The van der Waals surface area contributed by atoms with Crippen LogP contribution in [0.1, 0.15) is 38.5 Å². The molecular formula is C12H18O2S. The smallest absolute Gasteiger partial charge is 0.304 e. The number of rotatable bonds is 2. The van der Waals surface area contributed by atoms with Crippen molar-refractivity contribution < 1.29 is 9.90 Å². The molecule has 0 aromatic heterocycles. The van der Waals surface area contributed by atoms with Crippen molar-refractivity contribution in [3.63, 3.8) is 0 Å². The van der Waals surface area contributed by atoms with Gasteiger partial charge in [-0.2, -0.15) is 12.6 Å². The number of carbonyl (C=O) groups is 1. The Morgan fingerprint density at radius 1 is 1.13 bits per heavy atom. The molecule has 0 aromatic carbocycles. The lowest BCUT2D eigenvalue weighted by atomic mass is 9.51. The van der Waals surface area contributed by atoms with E-state index in [1.807, 2.05) is 0 Å². The third kappa shape index (κ3) is 1.42. The van der Waals surface area contributed by atoms with Crippen LogP contribution in [0.3, 0.4) is 0 Å². The van der Waals surface area contributed by atoms with E-state index in [9.17, 15) is 4.79 Å². The Balaban J connectivity index is 1.87. The summed E-state index contributed by atoms with van der Waals surface area (Å²) in [6.07, 6.45) is 6.63. The van der Waals surface area contributed by atoms with E-state index in [0.29, 0.717) is 11.8 Å². The fourth-order valence-corrected chi connectivity index (χ4v) is 5.09. The van der Waals surface area contributed by atoms with Crippen LogP contribution in [-0.4, -0.2) is 15.8 Å². The summed E-state index contributed by atoms with van der Waals surface area (Å²) in [5, 5.41) is 9.01. The topological polar surface area (TPSA) is 37.3 Å². The summed E-state index contributed by atoms with van der Waals surface area (Å²) in [6.45, 7) is 0. The van der Waals surface area contributed by atoms with E-state index in [0.717, 1.165) is 11.8 Å². The molecule has 4 rings (SSSR count). The van der Waals surface area contributed by atoms with Crippen LogP contribution in [0.5, 0.6) is 0 Å². The molecule has 0 spiro atoms. The minimum atomic E-state index is -0.669. The molecule has 4 bridgehead atoms. The van der Waals surface area contributed by atoms with Crippen molar-refractivity contribution in [2.75, 3.05) is 0 Å². The van der Waals surface area contributed by atoms with Crippen LogP contribution in [0.2, 0.25) is 0 Å². The largest absolute Gasteiger partial charge is 0.481 e. The lowest BCUT2D eigenvalue weighted by molar-refractivity contribution is -0.140. The van der Waals surface area contributed by atoms with Crippen molar-refractivity contribution in [3.05, 3.63) is 0 Å². The van der Waals surface area contributed by atoms with Crippen LogP contribution in [0.15, 0.2) is 0 Å². The molecule has 4 saturated carbocycles. The Hall–Kier alpha value is -0.180. The number of carboxylic acid groups (broad SMARTS) is 1. The normalized spacial score (nSPS) is 52.1. The average molecular weight is 226 g/mol. The van der Waals surface area contributed by atoms with Crippen LogP contribution < -0.4 is 0 Å². The van der Waals surface area contributed by atoms with Crippen molar-refractivity contribution in [2.24, 2.45) is 23.7 Å². The molecule has 0 radical (unpaired) electrons. The molecule has 3 heteroatoms. The third-order valence-electron chi connectivity index (χ3n) is 4.99. The second-order valence-corrected chi connectivity index (χ2v) is 6.70. The maximum Gasteiger partial charge on any atom is 0.304 e. The second-order valence-electron chi connectivity index (χ2n) is 5.87. The van der Waals surface area contributed by atoms with Crippen molar-refractivity contribution in [1.29, 1.82) is 0 Å². The molecule has 0 aliphatic heterocycles. The van der Waals surface area contributed by atoms with E-state index in [4.69, 9.17) is 17.7 Å². The van der Waals surface area contributed by atoms with E-state index < -0.39 is 5.97 Å². The minimum Gasteiger partial charge on any atom is -0.481 e. The number of carboxylic acids is 1. The predicted octanol–water partition coefficient (Wildman–Crippen LogP) is 2.59. The first-order valence-corrected chi connectivity index (χ1v) is 6.47. The number of aliphatic carboxylic acids is 1.